The largest absolute Gasteiger partial charge is 0.264 e. The molecule has 0 atom stereocenters. The maximum absolute atomic E-state index is 5.66. The van der Waals surface area contributed by atoms with Gasteiger partial charge >= 0.3 is 0 Å². The van der Waals surface area contributed by atoms with Crippen LogP contribution in [0.5, 0.6) is 0 Å². The van der Waals surface area contributed by atoms with Gasteiger partial charge in [-0.15, -0.1) is 0 Å². The molecule has 0 N–H and O–H groups in total. The van der Waals surface area contributed by atoms with E-state index in [1.807, 2.05) is 6.07 Å². The van der Waals surface area contributed by atoms with Crippen molar-refractivity contribution in [2.24, 2.45) is 0 Å². The predicted octanol–water partition coefficient (Wildman–Crippen LogP) is 2.45. The van der Waals surface area contributed by atoms with E-state index in [2.05, 4.69) is 24.7 Å². The second-order valence-corrected chi connectivity index (χ2v) is 3.09. The standard InChI is InChI=1S/C7H9ClN2S/c1-2-6-5-9-4-3-7(6)10(8)11/h3-5,11H,2H2,1H3. The molecule has 0 saturated heterocycles. The van der Waals surface area contributed by atoms with Gasteiger partial charge in [0.05, 0.1) is 5.69 Å². The normalized spacial score (nSPS) is 9.73. The number of hydrogen-bond donors (Lipinski definition) is 1. The number of nitrogens with zero attached hydrogens (tertiary/aromatic N) is 2. The van der Waals surface area contributed by atoms with Crippen LogP contribution in [0.3, 0.4) is 0 Å². The molecule has 0 aromatic carbocycles. The van der Waals surface area contributed by atoms with E-state index >= 15 is 0 Å². The van der Waals surface area contributed by atoms with Gasteiger partial charge in [0.1, 0.15) is 0 Å². The molecule has 60 valence electrons. The SMILES string of the molecule is CCc1cnccc1N(S)Cl. The highest BCUT2D eigenvalue weighted by Gasteiger charge is 2.02. The lowest BCUT2D eigenvalue weighted by Gasteiger charge is -2.10. The first kappa shape index (κ1) is 8.68. The van der Waals surface area contributed by atoms with Crippen LogP contribution in [0.25, 0.3) is 0 Å². The van der Waals surface area contributed by atoms with Gasteiger partial charge in [-0.2, -0.15) is 0 Å². The van der Waals surface area contributed by atoms with Crippen molar-refractivity contribution in [3.8, 4) is 0 Å². The highest BCUT2D eigenvalue weighted by Crippen LogP contribution is 2.22. The zero-order valence-electron chi connectivity index (χ0n) is 6.16. The molecule has 0 radical (unpaired) electrons. The summed E-state index contributed by atoms with van der Waals surface area (Å²) in [6.45, 7) is 2.05. The smallest absolute Gasteiger partial charge is 0.0710 e. The Morgan fingerprint density at radius 3 is 2.91 bits per heavy atom. The summed E-state index contributed by atoms with van der Waals surface area (Å²) in [5.41, 5.74) is 1.99. The first-order valence-corrected chi connectivity index (χ1v) is 4.07. The molecule has 0 spiro atoms. The first-order valence-electron chi connectivity index (χ1n) is 3.33. The van der Waals surface area contributed by atoms with E-state index in [0.717, 1.165) is 17.7 Å². The maximum atomic E-state index is 5.66. The highest BCUT2D eigenvalue weighted by atomic mass is 35.5. The van der Waals surface area contributed by atoms with Crippen molar-refractivity contribution in [2.45, 2.75) is 13.3 Å². The fourth-order valence-corrected chi connectivity index (χ4v) is 1.23. The summed E-state index contributed by atoms with van der Waals surface area (Å²) in [6, 6.07) is 1.83. The van der Waals surface area contributed by atoms with Crippen LogP contribution in [-0.4, -0.2) is 4.98 Å². The number of thiol groups is 1. The highest BCUT2D eigenvalue weighted by molar-refractivity contribution is 7.83. The Balaban J connectivity index is 3.02. The monoisotopic (exact) mass is 188 g/mol. The molecule has 4 heteroatoms. The number of hydrogen-bond acceptors (Lipinski definition) is 3. The van der Waals surface area contributed by atoms with Crippen LogP contribution in [0, 0.1) is 0 Å². The molecule has 0 bridgehead atoms. The van der Waals surface area contributed by atoms with E-state index in [9.17, 15) is 0 Å². The van der Waals surface area contributed by atoms with E-state index in [0.29, 0.717) is 0 Å². The van der Waals surface area contributed by atoms with Crippen LogP contribution in [0.1, 0.15) is 12.5 Å². The maximum Gasteiger partial charge on any atom is 0.0710 e. The molecular weight excluding hydrogens is 180 g/mol. The molecule has 0 aliphatic heterocycles. The summed E-state index contributed by atoms with van der Waals surface area (Å²) >= 11 is 9.64. The Morgan fingerprint density at radius 1 is 1.73 bits per heavy atom. The molecule has 2 nitrogen and oxygen atoms in total. The summed E-state index contributed by atoms with van der Waals surface area (Å²) < 4.78 is 1.28. The van der Waals surface area contributed by atoms with E-state index in [1.54, 1.807) is 12.4 Å². The summed E-state index contributed by atoms with van der Waals surface area (Å²) in [7, 11) is 0. The number of rotatable bonds is 2. The predicted molar refractivity (Wildman–Crippen MR) is 50.9 cm³/mol. The second kappa shape index (κ2) is 3.83. The Labute approximate surface area is 76.8 Å². The zero-order valence-corrected chi connectivity index (χ0v) is 7.81. The van der Waals surface area contributed by atoms with Gasteiger partial charge < -0.3 is 0 Å². The molecule has 1 aromatic rings. The molecule has 0 aliphatic carbocycles. The summed E-state index contributed by atoms with van der Waals surface area (Å²) in [5, 5.41) is 0. The van der Waals surface area contributed by atoms with E-state index < -0.39 is 0 Å². The number of pyridine rings is 1. The van der Waals surface area contributed by atoms with Crippen molar-refractivity contribution in [3.63, 3.8) is 0 Å². The van der Waals surface area contributed by atoms with Gasteiger partial charge in [0.15, 0.2) is 0 Å². The lowest BCUT2D eigenvalue weighted by molar-refractivity contribution is 1.10. The van der Waals surface area contributed by atoms with E-state index in [4.69, 9.17) is 11.8 Å². The van der Waals surface area contributed by atoms with E-state index in [-0.39, 0.29) is 0 Å². The lowest BCUT2D eigenvalue weighted by Crippen LogP contribution is -1.97. The summed E-state index contributed by atoms with van der Waals surface area (Å²) in [4.78, 5) is 3.98. The first-order chi connectivity index (χ1) is 5.25. The van der Waals surface area contributed by atoms with Crippen molar-refractivity contribution in [3.05, 3.63) is 24.0 Å². The van der Waals surface area contributed by atoms with Crippen LogP contribution in [0.15, 0.2) is 18.5 Å². The quantitative estimate of drug-likeness (QED) is 0.567. The molecule has 0 amide bonds. The molecule has 1 heterocycles. The minimum atomic E-state index is 0.896. The van der Waals surface area contributed by atoms with Crippen LogP contribution < -0.4 is 3.82 Å². The molecule has 11 heavy (non-hydrogen) atoms. The van der Waals surface area contributed by atoms with Gasteiger partial charge in [0.2, 0.25) is 0 Å². The molecule has 1 rings (SSSR count). The molecule has 1 aromatic heterocycles. The average molecular weight is 189 g/mol. The number of aryl methyl sites for hydroxylation is 1. The molecule has 0 aliphatic rings. The van der Waals surface area contributed by atoms with Crippen molar-refractivity contribution in [2.75, 3.05) is 3.82 Å². The van der Waals surface area contributed by atoms with Crippen LogP contribution in [0.2, 0.25) is 0 Å². The van der Waals surface area contributed by atoms with Gasteiger partial charge in [0, 0.05) is 24.2 Å². The van der Waals surface area contributed by atoms with Gasteiger partial charge in [-0.3, -0.25) is 4.98 Å². The Hall–Kier alpha value is -0.410. The Bertz CT molecular complexity index is 240. The Morgan fingerprint density at radius 2 is 2.45 bits per heavy atom. The van der Waals surface area contributed by atoms with Gasteiger partial charge in [0.25, 0.3) is 0 Å². The minimum Gasteiger partial charge on any atom is -0.264 e. The fraction of sp³-hybridized carbons (Fsp3) is 0.286. The van der Waals surface area contributed by atoms with Crippen LogP contribution >= 0.6 is 24.6 Å². The van der Waals surface area contributed by atoms with Gasteiger partial charge in [-0.1, -0.05) is 6.92 Å². The van der Waals surface area contributed by atoms with Crippen LogP contribution in [-0.2, 0) is 6.42 Å². The Kier molecular flexibility index (Phi) is 3.02. The van der Waals surface area contributed by atoms with Crippen LogP contribution in [0.4, 0.5) is 5.69 Å². The van der Waals surface area contributed by atoms with Crippen molar-refractivity contribution < 1.29 is 0 Å². The zero-order chi connectivity index (χ0) is 8.27. The summed E-state index contributed by atoms with van der Waals surface area (Å²) in [5.74, 6) is 0. The third-order valence-corrected chi connectivity index (χ3v) is 1.86. The molecule has 0 saturated carbocycles. The minimum absolute atomic E-state index is 0.896. The third-order valence-electron chi connectivity index (χ3n) is 1.46. The molecule has 0 unspecified atom stereocenters. The lowest BCUT2D eigenvalue weighted by atomic mass is 10.2. The van der Waals surface area contributed by atoms with Gasteiger partial charge in [-0.25, -0.2) is 3.82 Å². The van der Waals surface area contributed by atoms with Crippen molar-refractivity contribution in [1.82, 2.24) is 4.98 Å². The van der Waals surface area contributed by atoms with Crippen molar-refractivity contribution in [1.29, 1.82) is 0 Å². The number of aromatic nitrogens is 1. The van der Waals surface area contributed by atoms with Crippen molar-refractivity contribution >= 4 is 30.3 Å². The van der Waals surface area contributed by atoms with E-state index in [1.165, 1.54) is 3.82 Å². The number of halogens is 1. The summed E-state index contributed by atoms with van der Waals surface area (Å²) in [6.07, 6.45) is 4.40. The molecule has 0 fully saturated rings. The molecular formula is C7H9ClN2S. The van der Waals surface area contributed by atoms with Gasteiger partial charge in [-0.05, 0) is 30.9 Å². The second-order valence-electron chi connectivity index (χ2n) is 2.12. The topological polar surface area (TPSA) is 16.1 Å². The fourth-order valence-electron chi connectivity index (χ4n) is 0.872. The number of anilines is 1. The third kappa shape index (κ3) is 2.01. The average Bonchev–Trinajstić information content (AvgIpc) is 2.04.